The summed E-state index contributed by atoms with van der Waals surface area (Å²) in [6, 6.07) is 4.78. The van der Waals surface area contributed by atoms with Gasteiger partial charge in [-0.25, -0.2) is 4.39 Å². The molecule has 0 bridgehead atoms. The lowest BCUT2D eigenvalue weighted by molar-refractivity contribution is 0.615. The number of benzene rings is 1. The Hall–Kier alpha value is -1.13. The fourth-order valence-corrected chi connectivity index (χ4v) is 2.16. The first-order valence-electron chi connectivity index (χ1n) is 5.23. The van der Waals surface area contributed by atoms with E-state index in [-0.39, 0.29) is 10.3 Å². The molecule has 6 heteroatoms. The molecule has 3 nitrogen and oxygen atoms in total. The summed E-state index contributed by atoms with van der Waals surface area (Å²) >= 11 is 11.7. The monoisotopic (exact) mass is 271 g/mol. The molecule has 2 aromatic rings. The number of rotatable bonds is 2. The zero-order chi connectivity index (χ0) is 12.0. The van der Waals surface area contributed by atoms with E-state index in [4.69, 9.17) is 23.2 Å². The molecule has 1 aromatic heterocycles. The maximum Gasteiger partial charge on any atom is 0.229 e. The molecular weight excluding hydrogens is 264 g/mol. The summed E-state index contributed by atoms with van der Waals surface area (Å²) in [4.78, 5) is 0. The van der Waals surface area contributed by atoms with E-state index in [1.54, 1.807) is 12.1 Å². The fraction of sp³-hybridized carbons (Fsp3) is 0.273. The predicted octanol–water partition coefficient (Wildman–Crippen LogP) is 3.59. The lowest BCUT2D eigenvalue weighted by Crippen LogP contribution is -2.03. The summed E-state index contributed by atoms with van der Waals surface area (Å²) in [7, 11) is 0. The van der Waals surface area contributed by atoms with Gasteiger partial charge in [-0.1, -0.05) is 17.7 Å². The Morgan fingerprint density at radius 2 is 2.00 bits per heavy atom. The van der Waals surface area contributed by atoms with Gasteiger partial charge in [0.25, 0.3) is 0 Å². The Labute approximate surface area is 107 Å². The van der Waals surface area contributed by atoms with E-state index in [1.807, 2.05) is 0 Å². The molecule has 3 rings (SSSR count). The Balaban J connectivity index is 2.20. The van der Waals surface area contributed by atoms with E-state index in [1.165, 1.54) is 10.6 Å². The second kappa shape index (κ2) is 3.96. The van der Waals surface area contributed by atoms with Gasteiger partial charge >= 0.3 is 0 Å². The molecule has 1 aliphatic carbocycles. The van der Waals surface area contributed by atoms with Gasteiger partial charge in [-0.2, -0.15) is 0 Å². The van der Waals surface area contributed by atoms with E-state index in [0.717, 1.165) is 12.8 Å². The number of halogens is 3. The SMILES string of the molecule is Fc1c(Cl)cccc1-n1c(Cl)nnc1C1CC1. The van der Waals surface area contributed by atoms with Gasteiger partial charge in [0.1, 0.15) is 5.82 Å². The summed E-state index contributed by atoms with van der Waals surface area (Å²) in [5.74, 6) is 0.530. The third-order valence-corrected chi connectivity index (χ3v) is 3.30. The fourth-order valence-electron chi connectivity index (χ4n) is 1.77. The van der Waals surface area contributed by atoms with Crippen molar-refractivity contribution in [3.8, 4) is 5.69 Å². The predicted molar refractivity (Wildman–Crippen MR) is 63.3 cm³/mol. The van der Waals surface area contributed by atoms with E-state index >= 15 is 0 Å². The smallest absolute Gasteiger partial charge is 0.229 e. The Kier molecular flexibility index (Phi) is 2.56. The number of hydrogen-bond donors (Lipinski definition) is 0. The van der Waals surface area contributed by atoms with Crippen LogP contribution < -0.4 is 0 Å². The molecule has 0 unspecified atom stereocenters. The molecule has 0 N–H and O–H groups in total. The maximum absolute atomic E-state index is 13.9. The third-order valence-electron chi connectivity index (χ3n) is 2.76. The zero-order valence-electron chi connectivity index (χ0n) is 8.70. The van der Waals surface area contributed by atoms with Crippen molar-refractivity contribution in [3.63, 3.8) is 0 Å². The quantitative estimate of drug-likeness (QED) is 0.836. The van der Waals surface area contributed by atoms with E-state index in [2.05, 4.69) is 10.2 Å². The lowest BCUT2D eigenvalue weighted by Gasteiger charge is -2.08. The van der Waals surface area contributed by atoms with Crippen LogP contribution in [0.2, 0.25) is 10.3 Å². The molecular formula is C11H8Cl2FN3. The molecule has 1 aromatic carbocycles. The number of nitrogens with zero attached hydrogens (tertiary/aromatic N) is 3. The van der Waals surface area contributed by atoms with E-state index in [9.17, 15) is 4.39 Å². The average Bonchev–Trinajstić information content (AvgIpc) is 3.08. The van der Waals surface area contributed by atoms with Gasteiger partial charge in [0, 0.05) is 5.92 Å². The zero-order valence-corrected chi connectivity index (χ0v) is 10.2. The van der Waals surface area contributed by atoms with Gasteiger partial charge in [-0.3, -0.25) is 4.57 Å². The first kappa shape index (κ1) is 11.0. The Morgan fingerprint density at radius 1 is 1.24 bits per heavy atom. The molecule has 0 saturated heterocycles. The van der Waals surface area contributed by atoms with Gasteiger partial charge in [0.05, 0.1) is 10.7 Å². The first-order chi connectivity index (χ1) is 8.18. The van der Waals surface area contributed by atoms with Crippen molar-refractivity contribution >= 4 is 23.2 Å². The largest absolute Gasteiger partial charge is 0.266 e. The van der Waals surface area contributed by atoms with Gasteiger partial charge in [0.2, 0.25) is 5.28 Å². The van der Waals surface area contributed by atoms with Crippen LogP contribution in [0.25, 0.3) is 5.69 Å². The molecule has 17 heavy (non-hydrogen) atoms. The molecule has 1 fully saturated rings. The first-order valence-corrected chi connectivity index (χ1v) is 5.99. The third kappa shape index (κ3) is 1.81. The average molecular weight is 272 g/mol. The van der Waals surface area contributed by atoms with Crippen molar-refractivity contribution in [2.45, 2.75) is 18.8 Å². The molecule has 1 saturated carbocycles. The lowest BCUT2D eigenvalue weighted by atomic mass is 10.3. The van der Waals surface area contributed by atoms with Crippen molar-refractivity contribution in [2.75, 3.05) is 0 Å². The van der Waals surface area contributed by atoms with Crippen LogP contribution in [0, 0.1) is 5.82 Å². The molecule has 1 heterocycles. The molecule has 0 atom stereocenters. The molecule has 1 aliphatic rings. The highest BCUT2D eigenvalue weighted by atomic mass is 35.5. The van der Waals surface area contributed by atoms with Crippen molar-refractivity contribution in [3.05, 3.63) is 40.1 Å². The Morgan fingerprint density at radius 3 is 2.71 bits per heavy atom. The van der Waals surface area contributed by atoms with Crippen LogP contribution in [0.15, 0.2) is 18.2 Å². The Bertz CT molecular complexity index is 578. The topological polar surface area (TPSA) is 30.7 Å². The summed E-state index contributed by atoms with van der Waals surface area (Å²) < 4.78 is 15.5. The highest BCUT2D eigenvalue weighted by Gasteiger charge is 2.31. The highest BCUT2D eigenvalue weighted by molar-refractivity contribution is 6.31. The van der Waals surface area contributed by atoms with Gasteiger partial charge in [0.15, 0.2) is 5.82 Å². The summed E-state index contributed by atoms with van der Waals surface area (Å²) in [6.07, 6.45) is 2.08. The van der Waals surface area contributed by atoms with Crippen LogP contribution in [0.5, 0.6) is 0 Å². The van der Waals surface area contributed by atoms with Crippen molar-refractivity contribution < 1.29 is 4.39 Å². The maximum atomic E-state index is 13.9. The minimum atomic E-state index is -0.502. The van der Waals surface area contributed by atoms with Gasteiger partial charge in [-0.05, 0) is 36.6 Å². The summed E-state index contributed by atoms with van der Waals surface area (Å²) in [5.41, 5.74) is 0.300. The van der Waals surface area contributed by atoms with Crippen LogP contribution in [0.3, 0.4) is 0 Å². The van der Waals surface area contributed by atoms with Crippen LogP contribution in [0.4, 0.5) is 4.39 Å². The van der Waals surface area contributed by atoms with Crippen molar-refractivity contribution in [1.82, 2.24) is 14.8 Å². The molecule has 0 spiro atoms. The second-order valence-corrected chi connectivity index (χ2v) is 4.76. The van der Waals surface area contributed by atoms with Crippen LogP contribution >= 0.6 is 23.2 Å². The molecule has 88 valence electrons. The molecule has 0 radical (unpaired) electrons. The van der Waals surface area contributed by atoms with Crippen LogP contribution in [0.1, 0.15) is 24.6 Å². The minimum Gasteiger partial charge on any atom is -0.266 e. The van der Waals surface area contributed by atoms with Gasteiger partial charge < -0.3 is 0 Å². The van der Waals surface area contributed by atoms with Crippen LogP contribution in [-0.4, -0.2) is 14.8 Å². The summed E-state index contributed by atoms with van der Waals surface area (Å²) in [6.45, 7) is 0. The van der Waals surface area contributed by atoms with Crippen molar-refractivity contribution in [2.24, 2.45) is 0 Å². The number of aromatic nitrogens is 3. The molecule has 0 aliphatic heterocycles. The normalized spacial score (nSPS) is 15.2. The van der Waals surface area contributed by atoms with E-state index in [0.29, 0.717) is 17.4 Å². The molecule has 0 amide bonds. The second-order valence-electron chi connectivity index (χ2n) is 4.01. The number of hydrogen-bond acceptors (Lipinski definition) is 2. The highest BCUT2D eigenvalue weighted by Crippen LogP contribution is 2.41. The van der Waals surface area contributed by atoms with E-state index < -0.39 is 5.82 Å². The standard InChI is InChI=1S/C11H8Cl2FN3/c12-7-2-1-3-8(9(7)14)17-10(6-4-5-6)15-16-11(17)13/h1-3,6H,4-5H2. The van der Waals surface area contributed by atoms with Crippen molar-refractivity contribution in [1.29, 1.82) is 0 Å². The van der Waals surface area contributed by atoms with Gasteiger partial charge in [-0.15, -0.1) is 10.2 Å². The minimum absolute atomic E-state index is 0.0639. The summed E-state index contributed by atoms with van der Waals surface area (Å²) in [5, 5.41) is 8.01. The van der Waals surface area contributed by atoms with Crippen LogP contribution in [-0.2, 0) is 0 Å².